The van der Waals surface area contributed by atoms with Gasteiger partial charge in [-0.15, -0.1) is 11.3 Å². The first kappa shape index (κ1) is 25.6. The van der Waals surface area contributed by atoms with E-state index in [0.717, 1.165) is 17.4 Å². The Bertz CT molecular complexity index is 1300. The van der Waals surface area contributed by atoms with E-state index in [9.17, 15) is 24.5 Å². The van der Waals surface area contributed by atoms with Crippen LogP contribution < -0.4 is 10.1 Å². The van der Waals surface area contributed by atoms with E-state index in [4.69, 9.17) is 25.8 Å². The Balaban J connectivity index is 1.74. The van der Waals surface area contributed by atoms with E-state index >= 15 is 0 Å². The van der Waals surface area contributed by atoms with Crippen LogP contribution in [0, 0.1) is 17.0 Å². The predicted octanol–water partition coefficient (Wildman–Crippen LogP) is 4.07. The minimum Gasteiger partial charge on any atom is -0.470 e. The number of nitrogens with zero attached hydrogens (tertiary/aromatic N) is 3. The molecular weight excluding hydrogens is 504 g/mol. The number of hydrogen-bond acceptors (Lipinski definition) is 10. The molecule has 2 aromatic heterocycles. The van der Waals surface area contributed by atoms with Gasteiger partial charge in [-0.05, 0) is 31.5 Å². The maximum atomic E-state index is 12.8. The lowest BCUT2D eigenvalue weighted by Crippen LogP contribution is -2.16. The third-order valence-electron chi connectivity index (χ3n) is 4.58. The highest BCUT2D eigenvalue weighted by Crippen LogP contribution is 2.34. The van der Waals surface area contributed by atoms with E-state index in [-0.39, 0.29) is 50.9 Å². The molecule has 12 nitrogen and oxygen atoms in total. The molecule has 0 aliphatic carbocycles. The van der Waals surface area contributed by atoms with Crippen LogP contribution >= 0.6 is 22.9 Å². The summed E-state index contributed by atoms with van der Waals surface area (Å²) < 4.78 is 16.6. The number of aromatic nitrogens is 2. The van der Waals surface area contributed by atoms with Crippen molar-refractivity contribution < 1.29 is 33.5 Å². The summed E-state index contributed by atoms with van der Waals surface area (Å²) in [5.41, 5.74) is 0.198. The molecule has 0 aliphatic heterocycles. The van der Waals surface area contributed by atoms with Crippen molar-refractivity contribution in [3.05, 3.63) is 67.3 Å². The molecule has 35 heavy (non-hydrogen) atoms. The largest absolute Gasteiger partial charge is 0.470 e. The van der Waals surface area contributed by atoms with Gasteiger partial charge in [0, 0.05) is 18.3 Å². The number of ether oxygens (including phenoxy) is 3. The fraction of sp³-hybridized carbons (Fsp3) is 0.238. The Morgan fingerprint density at radius 2 is 2.00 bits per heavy atom. The number of thiophene rings is 1. The molecule has 0 bridgehead atoms. The molecule has 0 saturated carbocycles. The lowest BCUT2D eigenvalue weighted by atomic mass is 10.1. The van der Waals surface area contributed by atoms with Gasteiger partial charge in [0.1, 0.15) is 15.6 Å². The average Bonchev–Trinajstić information content (AvgIpc) is 3.42. The number of carbonyl (C=O) groups is 3. The number of nitrogens with one attached hydrogen (secondary N) is 1. The summed E-state index contributed by atoms with van der Waals surface area (Å²) in [7, 11) is 1.19. The molecule has 0 spiro atoms. The number of amides is 1. The quantitative estimate of drug-likeness (QED) is 0.249. The highest BCUT2D eigenvalue weighted by Gasteiger charge is 2.27. The maximum Gasteiger partial charge on any atom is 0.348 e. The summed E-state index contributed by atoms with van der Waals surface area (Å²) in [5, 5.41) is 17.7. The molecule has 1 amide bonds. The second-order valence-corrected chi connectivity index (χ2v) is 8.24. The summed E-state index contributed by atoms with van der Waals surface area (Å²) in [6.45, 7) is 3.22. The Morgan fingerprint density at radius 1 is 1.26 bits per heavy atom. The molecule has 0 aliphatic rings. The third kappa shape index (κ3) is 5.75. The molecule has 184 valence electrons. The van der Waals surface area contributed by atoms with Crippen molar-refractivity contribution in [1.29, 1.82) is 0 Å². The number of halogens is 1. The van der Waals surface area contributed by atoms with Gasteiger partial charge in [0.25, 0.3) is 11.6 Å². The fourth-order valence-corrected chi connectivity index (χ4v) is 4.23. The van der Waals surface area contributed by atoms with Crippen molar-refractivity contribution in [2.45, 2.75) is 20.6 Å². The Hall–Kier alpha value is -3.97. The summed E-state index contributed by atoms with van der Waals surface area (Å²) in [6, 6.07) is 5.17. The first-order chi connectivity index (χ1) is 16.7. The van der Waals surface area contributed by atoms with Crippen molar-refractivity contribution in [1.82, 2.24) is 9.78 Å². The van der Waals surface area contributed by atoms with E-state index in [0.29, 0.717) is 5.56 Å². The topological polar surface area (TPSA) is 152 Å². The zero-order chi connectivity index (χ0) is 25.7. The van der Waals surface area contributed by atoms with Gasteiger partial charge in [-0.1, -0.05) is 11.6 Å². The maximum absolute atomic E-state index is 12.8. The van der Waals surface area contributed by atoms with Crippen LogP contribution in [0.1, 0.15) is 43.0 Å². The van der Waals surface area contributed by atoms with Gasteiger partial charge in [0.2, 0.25) is 0 Å². The number of nitro benzene ring substituents is 1. The van der Waals surface area contributed by atoms with Crippen LogP contribution in [0.4, 0.5) is 10.7 Å². The Kier molecular flexibility index (Phi) is 8.04. The second kappa shape index (κ2) is 11.0. The number of rotatable bonds is 9. The van der Waals surface area contributed by atoms with E-state index in [1.807, 2.05) is 0 Å². The van der Waals surface area contributed by atoms with E-state index < -0.39 is 22.8 Å². The third-order valence-corrected chi connectivity index (χ3v) is 6.06. The second-order valence-electron chi connectivity index (χ2n) is 6.81. The zero-order valence-electron chi connectivity index (χ0n) is 18.7. The SMILES string of the molecule is CCOC(=O)c1sc(NC(=O)c2ccn(COc3ccc([N+](=O)[O-])cc3Cl)n2)c(C(=O)OC)c1C. The number of non-ortho nitro benzene ring substituents is 1. The van der Waals surface area contributed by atoms with E-state index in [1.54, 1.807) is 13.8 Å². The molecule has 0 saturated heterocycles. The van der Waals surface area contributed by atoms with E-state index in [1.165, 1.54) is 36.2 Å². The number of anilines is 1. The molecule has 1 aromatic carbocycles. The molecule has 0 unspecified atom stereocenters. The first-order valence-electron chi connectivity index (χ1n) is 9.96. The van der Waals surface area contributed by atoms with Gasteiger partial charge in [0.05, 0.1) is 29.2 Å². The Morgan fingerprint density at radius 3 is 2.63 bits per heavy atom. The lowest BCUT2D eigenvalue weighted by molar-refractivity contribution is -0.384. The van der Waals surface area contributed by atoms with Gasteiger partial charge in [-0.3, -0.25) is 14.9 Å². The van der Waals surface area contributed by atoms with Crippen LogP contribution in [0.15, 0.2) is 30.5 Å². The number of hydrogen-bond donors (Lipinski definition) is 1. The van der Waals surface area contributed by atoms with E-state index in [2.05, 4.69) is 10.4 Å². The molecule has 14 heteroatoms. The summed E-state index contributed by atoms with van der Waals surface area (Å²) in [6.07, 6.45) is 1.47. The van der Waals surface area contributed by atoms with Crippen molar-refractivity contribution >= 4 is 51.5 Å². The lowest BCUT2D eigenvalue weighted by Gasteiger charge is -2.08. The standard InChI is InChI=1S/C21H19ClN4O8S/c1-4-33-21(29)17-11(2)16(20(28)32-3)19(35-17)23-18(27)14-7-8-25(24-14)10-34-15-6-5-12(26(30)31)9-13(15)22/h5-9H,4,10H2,1-3H3,(H,23,27). The molecule has 3 rings (SSSR count). The van der Waals surface area contributed by atoms with Crippen LogP contribution in [0.3, 0.4) is 0 Å². The van der Waals surface area contributed by atoms with Gasteiger partial charge < -0.3 is 19.5 Å². The predicted molar refractivity (Wildman–Crippen MR) is 125 cm³/mol. The van der Waals surface area contributed by atoms with Crippen molar-refractivity contribution in [3.63, 3.8) is 0 Å². The van der Waals surface area contributed by atoms with Crippen LogP contribution in [0.2, 0.25) is 5.02 Å². The highest BCUT2D eigenvalue weighted by molar-refractivity contribution is 7.18. The fourth-order valence-electron chi connectivity index (χ4n) is 2.92. The van der Waals surface area contributed by atoms with Crippen LogP contribution in [0.5, 0.6) is 5.75 Å². The van der Waals surface area contributed by atoms with Crippen molar-refractivity contribution in [3.8, 4) is 5.75 Å². The molecule has 3 aromatic rings. The van der Waals surface area contributed by atoms with Crippen LogP contribution in [-0.2, 0) is 16.2 Å². The minimum atomic E-state index is -0.719. The number of benzene rings is 1. The van der Waals surface area contributed by atoms with Gasteiger partial charge >= 0.3 is 11.9 Å². The normalized spacial score (nSPS) is 10.5. The number of nitro groups is 1. The smallest absolute Gasteiger partial charge is 0.348 e. The van der Waals surface area contributed by atoms with Crippen molar-refractivity contribution in [2.75, 3.05) is 19.0 Å². The van der Waals surface area contributed by atoms with Crippen molar-refractivity contribution in [2.24, 2.45) is 0 Å². The van der Waals surface area contributed by atoms with Crippen LogP contribution in [0.25, 0.3) is 0 Å². The monoisotopic (exact) mass is 522 g/mol. The van der Waals surface area contributed by atoms with Gasteiger partial charge in [0.15, 0.2) is 12.4 Å². The number of carbonyl (C=O) groups excluding carboxylic acids is 3. The average molecular weight is 523 g/mol. The molecule has 0 atom stereocenters. The van der Waals surface area contributed by atoms with Crippen LogP contribution in [-0.4, -0.2) is 46.3 Å². The molecule has 1 N–H and O–H groups in total. The van der Waals surface area contributed by atoms with Gasteiger partial charge in [-0.2, -0.15) is 5.10 Å². The summed E-state index contributed by atoms with van der Waals surface area (Å²) in [5.74, 6) is -1.78. The highest BCUT2D eigenvalue weighted by atomic mass is 35.5. The minimum absolute atomic E-state index is 0.00273. The molecule has 0 radical (unpaired) electrons. The molecular formula is C21H19ClN4O8S. The summed E-state index contributed by atoms with van der Waals surface area (Å²) in [4.78, 5) is 47.6. The number of esters is 2. The number of methoxy groups -OCH3 is 1. The molecule has 0 fully saturated rings. The summed E-state index contributed by atoms with van der Waals surface area (Å²) >= 11 is 6.89. The first-order valence-corrected chi connectivity index (χ1v) is 11.2. The van der Waals surface area contributed by atoms with Gasteiger partial charge in [-0.25, -0.2) is 14.3 Å². The Labute approximate surface area is 207 Å². The molecule has 2 heterocycles. The zero-order valence-corrected chi connectivity index (χ0v) is 20.3.